The van der Waals surface area contributed by atoms with E-state index in [1.165, 1.54) is 18.2 Å². The van der Waals surface area contributed by atoms with Crippen molar-refractivity contribution < 1.29 is 13.7 Å². The molecule has 0 radical (unpaired) electrons. The lowest BCUT2D eigenvalue weighted by molar-refractivity contribution is 0.0988. The Morgan fingerprint density at radius 1 is 1.39 bits per heavy atom. The Labute approximate surface area is 111 Å². The molecule has 0 aliphatic rings. The summed E-state index contributed by atoms with van der Waals surface area (Å²) in [5, 5.41) is 6.27. The van der Waals surface area contributed by atoms with E-state index in [1.807, 2.05) is 0 Å². The average molecular weight is 313 g/mol. The number of halogens is 2. The van der Waals surface area contributed by atoms with Gasteiger partial charge < -0.3 is 9.84 Å². The van der Waals surface area contributed by atoms with E-state index in [0.29, 0.717) is 16.9 Å². The van der Waals surface area contributed by atoms with Crippen molar-refractivity contribution in [2.24, 2.45) is 0 Å². The number of aromatic nitrogens is 1. The van der Waals surface area contributed by atoms with Crippen molar-refractivity contribution in [3.05, 3.63) is 45.5 Å². The Morgan fingerprint density at radius 3 is 2.72 bits per heavy atom. The molecule has 1 heterocycles. The fourth-order valence-electron chi connectivity index (χ4n) is 1.44. The number of nitrogens with zero attached hydrogens (tertiary/aromatic N) is 1. The number of hydrogen-bond donors (Lipinski definition) is 1. The largest absolute Gasteiger partial charge is 0.351 e. The number of carbonyl (C=O) groups excluding carboxylic acids is 1. The zero-order chi connectivity index (χ0) is 13.3. The maximum Gasteiger partial charge on any atom is 0.294 e. The first-order valence-corrected chi connectivity index (χ1v) is 5.97. The van der Waals surface area contributed by atoms with Gasteiger partial charge in [0.25, 0.3) is 5.91 Å². The second-order valence-electron chi connectivity index (χ2n) is 3.87. The summed E-state index contributed by atoms with van der Waals surface area (Å²) in [6.45, 7) is 3.43. The van der Waals surface area contributed by atoms with Gasteiger partial charge in [0.05, 0.1) is 10.2 Å². The molecule has 0 saturated heterocycles. The zero-order valence-corrected chi connectivity index (χ0v) is 11.3. The molecule has 2 aromatic rings. The molecule has 2 rings (SSSR count). The van der Waals surface area contributed by atoms with Crippen LogP contribution in [0.5, 0.6) is 0 Å². The van der Waals surface area contributed by atoms with Crippen LogP contribution in [0.3, 0.4) is 0 Å². The van der Waals surface area contributed by atoms with Gasteiger partial charge in [-0.1, -0.05) is 5.16 Å². The molecular formula is C12H10BrFN2O2. The highest BCUT2D eigenvalue weighted by Crippen LogP contribution is 2.24. The maximum absolute atomic E-state index is 13.2. The highest BCUT2D eigenvalue weighted by atomic mass is 79.9. The molecule has 1 amide bonds. The molecule has 0 aliphatic carbocycles. The molecule has 0 aliphatic heterocycles. The molecule has 0 fully saturated rings. The second-order valence-corrected chi connectivity index (χ2v) is 4.72. The fraction of sp³-hybridized carbons (Fsp3) is 0.167. The standard InChI is InChI=1S/C12H10BrFN2O2/c1-6-3-9(14)8(13)5-10(6)15-12(17)11-4-7(2)16-18-11/h3-5H,1-2H3,(H,15,17). The Balaban J connectivity index is 2.24. The number of amides is 1. The summed E-state index contributed by atoms with van der Waals surface area (Å²) in [5.74, 6) is -0.675. The minimum Gasteiger partial charge on any atom is -0.351 e. The molecule has 1 aromatic carbocycles. The van der Waals surface area contributed by atoms with Gasteiger partial charge in [-0.2, -0.15) is 0 Å². The molecule has 0 atom stereocenters. The van der Waals surface area contributed by atoms with Crippen molar-refractivity contribution in [3.63, 3.8) is 0 Å². The van der Waals surface area contributed by atoms with E-state index in [0.717, 1.165) is 0 Å². The predicted molar refractivity (Wildman–Crippen MR) is 68.0 cm³/mol. The Kier molecular flexibility index (Phi) is 3.47. The van der Waals surface area contributed by atoms with Crippen LogP contribution in [-0.4, -0.2) is 11.1 Å². The van der Waals surface area contributed by atoms with Gasteiger partial charge in [0.2, 0.25) is 5.76 Å². The summed E-state index contributed by atoms with van der Waals surface area (Å²) in [4.78, 5) is 11.8. The van der Waals surface area contributed by atoms with Gasteiger partial charge in [0.1, 0.15) is 5.82 Å². The van der Waals surface area contributed by atoms with Gasteiger partial charge in [0.15, 0.2) is 0 Å². The summed E-state index contributed by atoms with van der Waals surface area (Å²) in [6, 6.07) is 4.38. The number of carbonyl (C=O) groups is 1. The molecule has 1 N–H and O–H groups in total. The molecular weight excluding hydrogens is 303 g/mol. The van der Waals surface area contributed by atoms with Crippen molar-refractivity contribution in [2.45, 2.75) is 13.8 Å². The lowest BCUT2D eigenvalue weighted by atomic mass is 10.2. The van der Waals surface area contributed by atoms with E-state index >= 15 is 0 Å². The van der Waals surface area contributed by atoms with E-state index in [-0.39, 0.29) is 16.1 Å². The van der Waals surface area contributed by atoms with E-state index in [4.69, 9.17) is 4.52 Å². The van der Waals surface area contributed by atoms with E-state index in [9.17, 15) is 9.18 Å². The first-order valence-electron chi connectivity index (χ1n) is 5.17. The highest BCUT2D eigenvalue weighted by Gasteiger charge is 2.14. The van der Waals surface area contributed by atoms with Gasteiger partial charge >= 0.3 is 0 Å². The molecule has 94 valence electrons. The third-order valence-electron chi connectivity index (χ3n) is 2.37. The molecule has 0 unspecified atom stereocenters. The lowest BCUT2D eigenvalue weighted by Gasteiger charge is -2.07. The summed E-state index contributed by atoms with van der Waals surface area (Å²) in [5.41, 5.74) is 1.76. The van der Waals surface area contributed by atoms with E-state index < -0.39 is 5.91 Å². The van der Waals surface area contributed by atoms with Gasteiger partial charge in [-0.25, -0.2) is 4.39 Å². The predicted octanol–water partition coefficient (Wildman–Crippen LogP) is 3.45. The smallest absolute Gasteiger partial charge is 0.294 e. The Bertz CT molecular complexity index is 610. The van der Waals surface area contributed by atoms with Crippen molar-refractivity contribution in [1.29, 1.82) is 0 Å². The molecule has 18 heavy (non-hydrogen) atoms. The Morgan fingerprint density at radius 2 is 2.11 bits per heavy atom. The lowest BCUT2D eigenvalue weighted by Crippen LogP contribution is -2.12. The van der Waals surface area contributed by atoms with Crippen molar-refractivity contribution in [1.82, 2.24) is 5.16 Å². The van der Waals surface area contributed by atoms with Crippen LogP contribution >= 0.6 is 15.9 Å². The molecule has 0 spiro atoms. The molecule has 0 bridgehead atoms. The number of benzene rings is 1. The van der Waals surface area contributed by atoms with Crippen LogP contribution < -0.4 is 5.32 Å². The van der Waals surface area contributed by atoms with Crippen LogP contribution in [0.1, 0.15) is 21.8 Å². The van der Waals surface area contributed by atoms with Gasteiger partial charge in [-0.05, 0) is 47.5 Å². The zero-order valence-electron chi connectivity index (χ0n) is 9.75. The van der Waals surface area contributed by atoms with Crippen molar-refractivity contribution in [3.8, 4) is 0 Å². The number of hydrogen-bond acceptors (Lipinski definition) is 3. The van der Waals surface area contributed by atoms with Crippen LogP contribution in [0, 0.1) is 19.7 Å². The third kappa shape index (κ3) is 2.59. The summed E-state index contributed by atoms with van der Waals surface area (Å²) >= 11 is 3.07. The second kappa shape index (κ2) is 4.89. The van der Waals surface area contributed by atoms with Crippen LogP contribution in [0.2, 0.25) is 0 Å². The summed E-state index contributed by atoms with van der Waals surface area (Å²) < 4.78 is 18.4. The molecule has 1 aromatic heterocycles. The Hall–Kier alpha value is -1.69. The minimum absolute atomic E-state index is 0.118. The van der Waals surface area contributed by atoms with E-state index in [1.54, 1.807) is 13.8 Å². The normalized spacial score (nSPS) is 10.4. The van der Waals surface area contributed by atoms with Crippen LogP contribution in [0.4, 0.5) is 10.1 Å². The number of rotatable bonds is 2. The van der Waals surface area contributed by atoms with Gasteiger partial charge in [-0.3, -0.25) is 4.79 Å². The molecule has 6 heteroatoms. The average Bonchev–Trinajstić information content (AvgIpc) is 2.73. The third-order valence-corrected chi connectivity index (χ3v) is 2.97. The topological polar surface area (TPSA) is 55.1 Å². The first kappa shape index (κ1) is 12.8. The number of nitrogens with one attached hydrogen (secondary N) is 1. The quantitative estimate of drug-likeness (QED) is 0.924. The summed E-state index contributed by atoms with van der Waals surface area (Å²) in [6.07, 6.45) is 0. The SMILES string of the molecule is Cc1cc(C(=O)Nc2cc(Br)c(F)cc2C)on1. The van der Waals surface area contributed by atoms with Crippen LogP contribution in [-0.2, 0) is 0 Å². The highest BCUT2D eigenvalue weighted by molar-refractivity contribution is 9.10. The van der Waals surface area contributed by atoms with Crippen molar-refractivity contribution in [2.75, 3.05) is 5.32 Å². The monoisotopic (exact) mass is 312 g/mol. The molecule has 0 saturated carbocycles. The number of anilines is 1. The fourth-order valence-corrected chi connectivity index (χ4v) is 1.78. The van der Waals surface area contributed by atoms with Gasteiger partial charge in [0, 0.05) is 11.8 Å². The van der Waals surface area contributed by atoms with Crippen molar-refractivity contribution >= 4 is 27.5 Å². The number of aryl methyl sites for hydroxylation is 2. The summed E-state index contributed by atoms with van der Waals surface area (Å²) in [7, 11) is 0. The van der Waals surface area contributed by atoms with Crippen LogP contribution in [0.15, 0.2) is 27.2 Å². The van der Waals surface area contributed by atoms with E-state index in [2.05, 4.69) is 26.4 Å². The first-order chi connectivity index (χ1) is 8.47. The minimum atomic E-state index is -0.419. The molecule has 4 nitrogen and oxygen atoms in total. The van der Waals surface area contributed by atoms with Crippen LogP contribution in [0.25, 0.3) is 0 Å². The maximum atomic E-state index is 13.2. The van der Waals surface area contributed by atoms with Gasteiger partial charge in [-0.15, -0.1) is 0 Å².